The zero-order valence-corrected chi connectivity index (χ0v) is 11.9. The standard InChI is InChI=1S/C17H21NO2/c1-13-5-10-16(12-13)18-17(20)15-8-6-14(7-9-15)4-2-3-11-19/h6-9,13,16,19H,3,5,10-12H2,1H3,(H,18,20). The van der Waals surface area contributed by atoms with Crippen molar-refractivity contribution in [2.24, 2.45) is 5.92 Å². The normalized spacial score (nSPS) is 21.1. The number of carbonyl (C=O) groups excluding carboxylic acids is 1. The number of hydrogen-bond acceptors (Lipinski definition) is 2. The van der Waals surface area contributed by atoms with Crippen LogP contribution in [0.25, 0.3) is 0 Å². The van der Waals surface area contributed by atoms with Crippen molar-refractivity contribution < 1.29 is 9.90 Å². The minimum atomic E-state index is -0.000956. The lowest BCUT2D eigenvalue weighted by molar-refractivity contribution is 0.0937. The van der Waals surface area contributed by atoms with Crippen LogP contribution < -0.4 is 5.32 Å². The van der Waals surface area contributed by atoms with Crippen LogP contribution >= 0.6 is 0 Å². The van der Waals surface area contributed by atoms with Gasteiger partial charge in [0.25, 0.3) is 5.91 Å². The van der Waals surface area contributed by atoms with Crippen molar-refractivity contribution in [1.82, 2.24) is 5.32 Å². The summed E-state index contributed by atoms with van der Waals surface area (Å²) < 4.78 is 0. The maximum atomic E-state index is 12.1. The fourth-order valence-corrected chi connectivity index (χ4v) is 2.53. The highest BCUT2D eigenvalue weighted by Crippen LogP contribution is 2.24. The van der Waals surface area contributed by atoms with Crippen molar-refractivity contribution in [3.8, 4) is 11.8 Å². The molecule has 2 rings (SSSR count). The van der Waals surface area contributed by atoms with Crippen LogP contribution in [-0.2, 0) is 0 Å². The van der Waals surface area contributed by atoms with Gasteiger partial charge in [-0.1, -0.05) is 18.8 Å². The van der Waals surface area contributed by atoms with Gasteiger partial charge in [-0.2, -0.15) is 0 Å². The summed E-state index contributed by atoms with van der Waals surface area (Å²) in [5.41, 5.74) is 1.54. The first kappa shape index (κ1) is 14.6. The Morgan fingerprint density at radius 3 is 2.70 bits per heavy atom. The lowest BCUT2D eigenvalue weighted by Crippen LogP contribution is -2.32. The number of rotatable bonds is 3. The molecule has 2 N–H and O–H groups in total. The van der Waals surface area contributed by atoms with E-state index < -0.39 is 0 Å². The van der Waals surface area contributed by atoms with Crippen LogP contribution in [0.5, 0.6) is 0 Å². The fraction of sp³-hybridized carbons (Fsp3) is 0.471. The highest BCUT2D eigenvalue weighted by molar-refractivity contribution is 5.94. The molecule has 2 unspecified atom stereocenters. The van der Waals surface area contributed by atoms with Gasteiger partial charge in [0, 0.05) is 23.6 Å². The van der Waals surface area contributed by atoms with E-state index in [0.29, 0.717) is 23.9 Å². The molecule has 0 bridgehead atoms. The van der Waals surface area contributed by atoms with Gasteiger partial charge in [-0.3, -0.25) is 4.79 Å². The summed E-state index contributed by atoms with van der Waals surface area (Å²) in [4.78, 5) is 12.1. The molecule has 3 heteroatoms. The molecule has 0 aliphatic heterocycles. The van der Waals surface area contributed by atoms with Crippen molar-refractivity contribution >= 4 is 5.91 Å². The van der Waals surface area contributed by atoms with E-state index in [1.54, 1.807) is 12.1 Å². The van der Waals surface area contributed by atoms with E-state index in [2.05, 4.69) is 24.1 Å². The molecule has 106 valence electrons. The summed E-state index contributed by atoms with van der Waals surface area (Å²) in [6.45, 7) is 2.30. The van der Waals surface area contributed by atoms with Gasteiger partial charge >= 0.3 is 0 Å². The lowest BCUT2D eigenvalue weighted by atomic mass is 10.1. The van der Waals surface area contributed by atoms with Gasteiger partial charge in [0.05, 0.1) is 6.61 Å². The number of amides is 1. The first-order valence-corrected chi connectivity index (χ1v) is 7.19. The van der Waals surface area contributed by atoms with Crippen molar-refractivity contribution in [3.05, 3.63) is 35.4 Å². The molecule has 0 aromatic heterocycles. The van der Waals surface area contributed by atoms with E-state index in [1.807, 2.05) is 12.1 Å². The molecule has 3 nitrogen and oxygen atoms in total. The second-order valence-corrected chi connectivity index (χ2v) is 5.44. The smallest absolute Gasteiger partial charge is 0.251 e. The van der Waals surface area contributed by atoms with Gasteiger partial charge in [-0.05, 0) is 49.4 Å². The molecule has 0 saturated heterocycles. The maximum Gasteiger partial charge on any atom is 0.251 e. The average Bonchev–Trinajstić information content (AvgIpc) is 2.85. The summed E-state index contributed by atoms with van der Waals surface area (Å²) in [5.74, 6) is 6.52. The molecule has 1 fully saturated rings. The largest absolute Gasteiger partial charge is 0.395 e. The van der Waals surface area contributed by atoms with Crippen molar-refractivity contribution in [2.75, 3.05) is 6.61 Å². The minimum Gasteiger partial charge on any atom is -0.395 e. The van der Waals surface area contributed by atoms with Gasteiger partial charge in [-0.15, -0.1) is 0 Å². The molecule has 20 heavy (non-hydrogen) atoms. The van der Waals surface area contributed by atoms with Gasteiger partial charge in [0.2, 0.25) is 0 Å². The highest BCUT2D eigenvalue weighted by atomic mass is 16.2. The Morgan fingerprint density at radius 1 is 1.35 bits per heavy atom. The second-order valence-electron chi connectivity index (χ2n) is 5.44. The predicted molar refractivity (Wildman–Crippen MR) is 79.3 cm³/mol. The third-order valence-corrected chi connectivity index (χ3v) is 3.65. The molecular formula is C17H21NO2. The quantitative estimate of drug-likeness (QED) is 0.829. The van der Waals surface area contributed by atoms with Crippen LogP contribution in [0.4, 0.5) is 0 Å². The van der Waals surface area contributed by atoms with Crippen LogP contribution in [0.3, 0.4) is 0 Å². The molecule has 0 heterocycles. The Morgan fingerprint density at radius 2 is 2.10 bits per heavy atom. The Hall–Kier alpha value is -1.79. The Bertz CT molecular complexity index is 510. The Labute approximate surface area is 120 Å². The molecule has 1 aromatic carbocycles. The molecule has 2 atom stereocenters. The summed E-state index contributed by atoms with van der Waals surface area (Å²) in [5, 5.41) is 11.7. The zero-order valence-electron chi connectivity index (χ0n) is 11.9. The van der Waals surface area contributed by atoms with Crippen LogP contribution in [0.2, 0.25) is 0 Å². The van der Waals surface area contributed by atoms with Gasteiger partial charge in [-0.25, -0.2) is 0 Å². The number of hydrogen-bond donors (Lipinski definition) is 2. The molecule has 1 aromatic rings. The first-order valence-electron chi connectivity index (χ1n) is 7.19. The maximum absolute atomic E-state index is 12.1. The molecule has 0 spiro atoms. The molecular weight excluding hydrogens is 250 g/mol. The monoisotopic (exact) mass is 271 g/mol. The summed E-state index contributed by atoms with van der Waals surface area (Å²) in [6, 6.07) is 7.61. The lowest BCUT2D eigenvalue weighted by Gasteiger charge is -2.12. The zero-order chi connectivity index (χ0) is 14.4. The van der Waals surface area contributed by atoms with Gasteiger partial charge < -0.3 is 10.4 Å². The third-order valence-electron chi connectivity index (χ3n) is 3.65. The van der Waals surface area contributed by atoms with E-state index in [9.17, 15) is 4.79 Å². The molecule has 1 saturated carbocycles. The summed E-state index contributed by atoms with van der Waals surface area (Å²) in [6.07, 6.45) is 3.83. The van der Waals surface area contributed by atoms with Crippen molar-refractivity contribution in [2.45, 2.75) is 38.6 Å². The SMILES string of the molecule is CC1CCC(NC(=O)c2ccc(C#CCCO)cc2)C1. The Kier molecular flexibility index (Phi) is 5.20. The van der Waals surface area contributed by atoms with Crippen LogP contribution in [0.1, 0.15) is 48.5 Å². The number of nitrogens with one attached hydrogen (secondary N) is 1. The molecule has 0 radical (unpaired) electrons. The van der Waals surface area contributed by atoms with E-state index >= 15 is 0 Å². The minimum absolute atomic E-state index is 0.000956. The van der Waals surface area contributed by atoms with E-state index in [0.717, 1.165) is 18.4 Å². The van der Waals surface area contributed by atoms with E-state index in [-0.39, 0.29) is 12.5 Å². The molecule has 1 aliphatic rings. The van der Waals surface area contributed by atoms with Crippen molar-refractivity contribution in [3.63, 3.8) is 0 Å². The first-order chi connectivity index (χ1) is 9.69. The summed E-state index contributed by atoms with van der Waals surface area (Å²) in [7, 11) is 0. The van der Waals surface area contributed by atoms with Crippen molar-refractivity contribution in [1.29, 1.82) is 0 Å². The van der Waals surface area contributed by atoms with Crippen LogP contribution in [-0.4, -0.2) is 23.7 Å². The number of benzene rings is 1. The second kappa shape index (κ2) is 7.12. The molecule has 1 amide bonds. The number of aliphatic hydroxyl groups is 1. The van der Waals surface area contributed by atoms with Crippen LogP contribution in [0.15, 0.2) is 24.3 Å². The van der Waals surface area contributed by atoms with E-state index in [4.69, 9.17) is 5.11 Å². The third kappa shape index (κ3) is 4.11. The van der Waals surface area contributed by atoms with E-state index in [1.165, 1.54) is 6.42 Å². The van der Waals surface area contributed by atoms with Crippen LogP contribution in [0, 0.1) is 17.8 Å². The number of carbonyl (C=O) groups is 1. The van der Waals surface area contributed by atoms with Gasteiger partial charge in [0.1, 0.15) is 0 Å². The predicted octanol–water partition coefficient (Wildman–Crippen LogP) is 2.34. The highest BCUT2D eigenvalue weighted by Gasteiger charge is 2.22. The number of aliphatic hydroxyl groups excluding tert-OH is 1. The topological polar surface area (TPSA) is 49.3 Å². The molecule has 1 aliphatic carbocycles. The fourth-order valence-electron chi connectivity index (χ4n) is 2.53. The Balaban J connectivity index is 1.92. The van der Waals surface area contributed by atoms with Gasteiger partial charge in [0.15, 0.2) is 0 Å². The summed E-state index contributed by atoms with van der Waals surface area (Å²) >= 11 is 0. The average molecular weight is 271 g/mol.